The van der Waals surface area contributed by atoms with E-state index in [0.717, 1.165) is 103 Å². The Kier molecular flexibility index (Phi) is 63.7. The van der Waals surface area contributed by atoms with Crippen molar-refractivity contribution in [2.45, 2.75) is 354 Å². The van der Waals surface area contributed by atoms with Gasteiger partial charge in [0, 0.05) is 19.3 Å². The Bertz CT molecular complexity index is 1440. The van der Waals surface area contributed by atoms with Gasteiger partial charge in [0.2, 0.25) is 0 Å². The maximum absolute atomic E-state index is 12.9. The average Bonchev–Trinajstić information content (AvgIpc) is 3.44. The van der Waals surface area contributed by atoms with Crippen molar-refractivity contribution < 1.29 is 28.6 Å². The van der Waals surface area contributed by atoms with Crippen molar-refractivity contribution in [2.24, 2.45) is 0 Å². The molecule has 0 N–H and O–H groups in total. The highest BCUT2D eigenvalue weighted by Crippen LogP contribution is 2.18. The van der Waals surface area contributed by atoms with E-state index >= 15 is 0 Å². The molecule has 6 nitrogen and oxygen atoms in total. The number of rotatable bonds is 62. The number of carbonyl (C=O) groups is 3. The highest BCUT2D eigenvalue weighted by Gasteiger charge is 2.19. The standard InChI is InChI=1S/C72H128O6/c1-4-7-10-13-16-19-22-25-28-30-32-34-35-36-37-39-40-42-44-47-50-53-56-59-62-65-71(74)77-68-69(67-76-70(73)64-61-58-55-52-49-46-27-24-21-18-15-12-9-6-3)78-72(75)66-63-60-57-54-51-48-45-43-41-38-33-31-29-26-23-20-17-14-11-8-5-2/h7,10,16,19,24-25,27-28,32,34,36-37,69H,4-6,8-9,11-15,17-18,20-23,26,29-31,33,35,38-68H2,1-3H3/b10-7-,19-16-,27-24-,28-25-,34-32-,37-36-. The first-order valence-corrected chi connectivity index (χ1v) is 33.9. The molecule has 0 spiro atoms. The maximum Gasteiger partial charge on any atom is 0.306 e. The van der Waals surface area contributed by atoms with Gasteiger partial charge in [0.1, 0.15) is 13.2 Å². The second-order valence-corrected chi connectivity index (χ2v) is 22.7. The Morgan fingerprint density at radius 1 is 0.269 bits per heavy atom. The van der Waals surface area contributed by atoms with Gasteiger partial charge in [-0.05, 0) is 89.9 Å². The predicted octanol–water partition coefficient (Wildman–Crippen LogP) is 23.3. The lowest BCUT2D eigenvalue weighted by Gasteiger charge is -2.18. The minimum Gasteiger partial charge on any atom is -0.462 e. The lowest BCUT2D eigenvalue weighted by molar-refractivity contribution is -0.167. The van der Waals surface area contributed by atoms with Gasteiger partial charge in [-0.1, -0.05) is 312 Å². The second kappa shape index (κ2) is 66.4. The van der Waals surface area contributed by atoms with Gasteiger partial charge < -0.3 is 14.2 Å². The summed E-state index contributed by atoms with van der Waals surface area (Å²) in [6.07, 6.45) is 86.3. The molecule has 0 rings (SSSR count). The number of hydrogen-bond donors (Lipinski definition) is 0. The molecule has 0 amide bonds. The summed E-state index contributed by atoms with van der Waals surface area (Å²) in [6.45, 7) is 6.56. The zero-order valence-corrected chi connectivity index (χ0v) is 51.9. The van der Waals surface area contributed by atoms with Gasteiger partial charge in [0.25, 0.3) is 0 Å². The van der Waals surface area contributed by atoms with Gasteiger partial charge >= 0.3 is 17.9 Å². The number of ether oxygens (including phenoxy) is 3. The van der Waals surface area contributed by atoms with Crippen LogP contribution in [0.25, 0.3) is 0 Å². The molecule has 452 valence electrons. The maximum atomic E-state index is 12.9. The van der Waals surface area contributed by atoms with Gasteiger partial charge in [-0.2, -0.15) is 0 Å². The molecule has 1 atom stereocenters. The van der Waals surface area contributed by atoms with E-state index in [0.29, 0.717) is 19.3 Å². The highest BCUT2D eigenvalue weighted by atomic mass is 16.6. The van der Waals surface area contributed by atoms with Crippen LogP contribution in [0.5, 0.6) is 0 Å². The van der Waals surface area contributed by atoms with Crippen LogP contribution in [0.4, 0.5) is 0 Å². The number of hydrogen-bond acceptors (Lipinski definition) is 6. The molecule has 0 aliphatic rings. The first-order chi connectivity index (χ1) is 38.5. The fourth-order valence-electron chi connectivity index (χ4n) is 9.88. The van der Waals surface area contributed by atoms with Crippen molar-refractivity contribution in [3.8, 4) is 0 Å². The fraction of sp³-hybridized carbons (Fsp3) is 0.792. The van der Waals surface area contributed by atoms with Crippen LogP contribution in [-0.4, -0.2) is 37.2 Å². The molecule has 78 heavy (non-hydrogen) atoms. The molecule has 6 heteroatoms. The molecule has 0 aliphatic carbocycles. The van der Waals surface area contributed by atoms with Crippen LogP contribution in [-0.2, 0) is 28.6 Å². The number of allylic oxidation sites excluding steroid dienone is 12. The Hall–Kier alpha value is -3.15. The van der Waals surface area contributed by atoms with Crippen molar-refractivity contribution in [1.82, 2.24) is 0 Å². The number of carbonyl (C=O) groups excluding carboxylic acids is 3. The van der Waals surface area contributed by atoms with Gasteiger partial charge in [0.05, 0.1) is 0 Å². The molecule has 0 aliphatic heterocycles. The Morgan fingerprint density at radius 2 is 0.500 bits per heavy atom. The molecule has 1 unspecified atom stereocenters. The quantitative estimate of drug-likeness (QED) is 0.0261. The van der Waals surface area contributed by atoms with Crippen molar-refractivity contribution in [1.29, 1.82) is 0 Å². The van der Waals surface area contributed by atoms with Crippen molar-refractivity contribution in [3.05, 3.63) is 72.9 Å². The number of esters is 3. The van der Waals surface area contributed by atoms with Crippen LogP contribution in [0, 0.1) is 0 Å². The minimum absolute atomic E-state index is 0.0778. The Balaban J connectivity index is 4.31. The van der Waals surface area contributed by atoms with Gasteiger partial charge in [0.15, 0.2) is 6.10 Å². The van der Waals surface area contributed by atoms with Crippen LogP contribution >= 0.6 is 0 Å². The third-order valence-corrected chi connectivity index (χ3v) is 14.9. The largest absolute Gasteiger partial charge is 0.462 e. The molecule has 0 fully saturated rings. The molecule has 0 bridgehead atoms. The third-order valence-electron chi connectivity index (χ3n) is 14.9. The van der Waals surface area contributed by atoms with Crippen LogP contribution in [0.1, 0.15) is 348 Å². The van der Waals surface area contributed by atoms with E-state index in [2.05, 4.69) is 93.7 Å². The fourth-order valence-corrected chi connectivity index (χ4v) is 9.88. The summed E-state index contributed by atoms with van der Waals surface area (Å²) < 4.78 is 17.0. The van der Waals surface area contributed by atoms with Gasteiger partial charge in [-0.3, -0.25) is 14.4 Å². The third kappa shape index (κ3) is 63.7. The minimum atomic E-state index is -0.781. The molecule has 0 aromatic heterocycles. The monoisotopic (exact) mass is 1090 g/mol. The summed E-state index contributed by atoms with van der Waals surface area (Å²) in [4.78, 5) is 38.4. The summed E-state index contributed by atoms with van der Waals surface area (Å²) in [7, 11) is 0. The summed E-state index contributed by atoms with van der Waals surface area (Å²) in [5.74, 6) is -0.871. The molecule has 0 saturated heterocycles. The smallest absolute Gasteiger partial charge is 0.306 e. The average molecular weight is 1090 g/mol. The lowest BCUT2D eigenvalue weighted by Crippen LogP contribution is -2.30. The first-order valence-electron chi connectivity index (χ1n) is 33.9. The van der Waals surface area contributed by atoms with E-state index in [4.69, 9.17) is 14.2 Å². The lowest BCUT2D eigenvalue weighted by atomic mass is 10.0. The van der Waals surface area contributed by atoms with E-state index < -0.39 is 6.10 Å². The summed E-state index contributed by atoms with van der Waals surface area (Å²) in [5.41, 5.74) is 0. The summed E-state index contributed by atoms with van der Waals surface area (Å²) >= 11 is 0. The van der Waals surface area contributed by atoms with E-state index in [9.17, 15) is 14.4 Å². The van der Waals surface area contributed by atoms with Crippen LogP contribution in [0.15, 0.2) is 72.9 Å². The van der Waals surface area contributed by atoms with Crippen LogP contribution in [0.2, 0.25) is 0 Å². The van der Waals surface area contributed by atoms with E-state index in [1.54, 1.807) is 0 Å². The molecular weight excluding hydrogens is 961 g/mol. The summed E-state index contributed by atoms with van der Waals surface area (Å²) in [5, 5.41) is 0. The van der Waals surface area contributed by atoms with Crippen molar-refractivity contribution in [2.75, 3.05) is 13.2 Å². The van der Waals surface area contributed by atoms with Crippen LogP contribution < -0.4 is 0 Å². The zero-order chi connectivity index (χ0) is 56.4. The Morgan fingerprint density at radius 3 is 0.795 bits per heavy atom. The van der Waals surface area contributed by atoms with Crippen LogP contribution in [0.3, 0.4) is 0 Å². The topological polar surface area (TPSA) is 78.9 Å². The molecule has 0 aromatic carbocycles. The molecule has 0 aromatic rings. The second-order valence-electron chi connectivity index (χ2n) is 22.7. The van der Waals surface area contributed by atoms with E-state index in [1.807, 2.05) is 0 Å². The molecule has 0 saturated carbocycles. The Labute approximate surface area is 484 Å². The van der Waals surface area contributed by atoms with Crippen molar-refractivity contribution >= 4 is 17.9 Å². The summed E-state index contributed by atoms with van der Waals surface area (Å²) in [6, 6.07) is 0. The molecule has 0 radical (unpaired) electrons. The molecular formula is C72H128O6. The van der Waals surface area contributed by atoms with E-state index in [-0.39, 0.29) is 31.1 Å². The normalized spacial score (nSPS) is 12.5. The predicted molar refractivity (Wildman–Crippen MR) is 339 cm³/mol. The molecule has 0 heterocycles. The van der Waals surface area contributed by atoms with Crippen molar-refractivity contribution in [3.63, 3.8) is 0 Å². The zero-order valence-electron chi connectivity index (χ0n) is 51.9. The first kappa shape index (κ1) is 74.8. The van der Waals surface area contributed by atoms with E-state index in [1.165, 1.54) is 205 Å². The van der Waals surface area contributed by atoms with Gasteiger partial charge in [-0.25, -0.2) is 0 Å². The number of unbranched alkanes of at least 4 members (excludes halogenated alkanes) is 39. The SMILES string of the molecule is CC/C=C\C/C=C\C/C=C\C/C=C\C/C=C\CCCCCCCCCCCC(=O)OCC(COC(=O)CCCCCCC/C=C\CCCCCCC)OC(=O)CCCCCCCCCCCCCCCCCCCCCCC. The van der Waals surface area contributed by atoms with Gasteiger partial charge in [-0.15, -0.1) is 0 Å². The highest BCUT2D eigenvalue weighted by molar-refractivity contribution is 5.71.